The molecule has 3 heterocycles. The zero-order valence-electron chi connectivity index (χ0n) is 15.2. The van der Waals surface area contributed by atoms with E-state index in [1.54, 1.807) is 24.3 Å². The highest BCUT2D eigenvalue weighted by molar-refractivity contribution is 6.05. The molecule has 1 aliphatic heterocycles. The van der Waals surface area contributed by atoms with Crippen LogP contribution in [0.1, 0.15) is 27.4 Å². The Kier molecular flexibility index (Phi) is 3.76. The van der Waals surface area contributed by atoms with Gasteiger partial charge in [-0.1, -0.05) is 5.16 Å². The highest BCUT2D eigenvalue weighted by Gasteiger charge is 2.29. The van der Waals surface area contributed by atoms with Crippen LogP contribution in [0, 0.1) is 13.8 Å². The lowest BCUT2D eigenvalue weighted by Crippen LogP contribution is -2.17. The summed E-state index contributed by atoms with van der Waals surface area (Å²) in [5, 5.41) is 4.06. The number of hydrogen-bond donors (Lipinski definition) is 0. The summed E-state index contributed by atoms with van der Waals surface area (Å²) < 4.78 is 10.5. The third-order valence-electron chi connectivity index (χ3n) is 4.77. The summed E-state index contributed by atoms with van der Waals surface area (Å²) in [6, 6.07) is 7.80. The number of carbonyl (C=O) groups excluding carboxylic acids is 1. The van der Waals surface area contributed by atoms with Crippen LogP contribution in [0.5, 0.6) is 5.88 Å². The third kappa shape index (κ3) is 2.45. The van der Waals surface area contributed by atoms with Crippen molar-refractivity contribution in [2.24, 2.45) is 0 Å². The fourth-order valence-electron chi connectivity index (χ4n) is 3.53. The predicted octanol–water partition coefficient (Wildman–Crippen LogP) is 3.61. The van der Waals surface area contributed by atoms with Crippen LogP contribution in [0.3, 0.4) is 0 Å². The number of aromatic nitrogens is 2. The Balaban J connectivity index is 1.95. The number of hydrogen-bond acceptors (Lipinski definition) is 5. The van der Waals surface area contributed by atoms with Crippen molar-refractivity contribution in [2.45, 2.75) is 20.4 Å². The van der Waals surface area contributed by atoms with Gasteiger partial charge in [0, 0.05) is 37.0 Å². The fraction of sp³-hybridized carbons (Fsp3) is 0.250. The molecule has 3 aromatic rings. The Morgan fingerprint density at radius 2 is 1.96 bits per heavy atom. The van der Waals surface area contributed by atoms with E-state index in [0.717, 1.165) is 44.8 Å². The lowest BCUT2D eigenvalue weighted by Gasteiger charge is -2.11. The van der Waals surface area contributed by atoms with Gasteiger partial charge < -0.3 is 14.2 Å². The molecule has 0 saturated carbocycles. The molecule has 0 N–H and O–H groups in total. The van der Waals surface area contributed by atoms with Gasteiger partial charge in [-0.25, -0.2) is 4.98 Å². The number of nitrogens with zero attached hydrogens (tertiary/aromatic N) is 3. The highest BCUT2D eigenvalue weighted by Crippen LogP contribution is 2.38. The molecule has 0 unspecified atom stereocenters. The number of fused-ring (bicyclic) bond motifs is 1. The largest absolute Gasteiger partial charge is 0.481 e. The Morgan fingerprint density at radius 1 is 1.15 bits per heavy atom. The maximum Gasteiger partial charge on any atom is 0.254 e. The molecular formula is C20H19N3O3. The molecule has 4 rings (SSSR count). The van der Waals surface area contributed by atoms with Crippen LogP contribution in [0.4, 0.5) is 0 Å². The summed E-state index contributed by atoms with van der Waals surface area (Å²) in [5.41, 5.74) is 6.27. The first-order chi connectivity index (χ1) is 12.5. The summed E-state index contributed by atoms with van der Waals surface area (Å²) in [6.45, 7) is 4.40. The van der Waals surface area contributed by atoms with E-state index < -0.39 is 0 Å². The van der Waals surface area contributed by atoms with Crippen molar-refractivity contribution in [3.63, 3.8) is 0 Å². The van der Waals surface area contributed by atoms with Crippen LogP contribution in [0.25, 0.3) is 22.3 Å². The Hall–Kier alpha value is -3.15. The molecule has 6 nitrogen and oxygen atoms in total. The summed E-state index contributed by atoms with van der Waals surface area (Å²) in [7, 11) is 3.39. The first kappa shape index (κ1) is 16.3. The number of amides is 1. The quantitative estimate of drug-likeness (QED) is 0.722. The van der Waals surface area contributed by atoms with Crippen LogP contribution in [-0.4, -0.2) is 35.1 Å². The molecule has 0 radical (unpaired) electrons. The molecule has 0 atom stereocenters. The van der Waals surface area contributed by atoms with Crippen molar-refractivity contribution in [1.82, 2.24) is 15.0 Å². The number of benzene rings is 1. The molecule has 26 heavy (non-hydrogen) atoms. The summed E-state index contributed by atoms with van der Waals surface area (Å²) in [5.74, 6) is 1.32. The average molecular weight is 349 g/mol. The predicted molar refractivity (Wildman–Crippen MR) is 97.0 cm³/mol. The monoisotopic (exact) mass is 349 g/mol. The van der Waals surface area contributed by atoms with Gasteiger partial charge in [0.15, 0.2) is 0 Å². The summed E-state index contributed by atoms with van der Waals surface area (Å²) in [4.78, 5) is 18.7. The van der Waals surface area contributed by atoms with Crippen molar-refractivity contribution < 1.29 is 14.1 Å². The van der Waals surface area contributed by atoms with Crippen molar-refractivity contribution in [1.29, 1.82) is 0 Å². The maximum atomic E-state index is 12.7. The van der Waals surface area contributed by atoms with E-state index in [0.29, 0.717) is 12.4 Å². The van der Waals surface area contributed by atoms with Gasteiger partial charge in [-0.2, -0.15) is 0 Å². The topological polar surface area (TPSA) is 68.5 Å². The average Bonchev–Trinajstić information content (AvgIpc) is 3.13. The molecule has 0 aliphatic carbocycles. The minimum Gasteiger partial charge on any atom is -0.481 e. The molecule has 0 bridgehead atoms. The standard InChI is InChI=1S/C20H19N3O3/c1-11-18(12(2)26-22-11)14-7-15-10-23(3)20(24)19(15)16(8-14)13-5-6-17(25-4)21-9-13/h5-9H,10H2,1-4H3. The first-order valence-electron chi connectivity index (χ1n) is 8.35. The normalized spacial score (nSPS) is 13.2. The van der Waals surface area contributed by atoms with E-state index in [-0.39, 0.29) is 5.91 Å². The number of rotatable bonds is 3. The molecule has 0 fully saturated rings. The number of ether oxygens (including phenoxy) is 1. The van der Waals surface area contributed by atoms with E-state index in [1.165, 1.54) is 0 Å². The van der Waals surface area contributed by atoms with Crippen molar-refractivity contribution in [3.8, 4) is 28.1 Å². The van der Waals surface area contributed by atoms with Gasteiger partial charge in [0.2, 0.25) is 5.88 Å². The number of carbonyl (C=O) groups is 1. The zero-order chi connectivity index (χ0) is 18.4. The Bertz CT molecular complexity index is 986. The Morgan fingerprint density at radius 3 is 2.58 bits per heavy atom. The van der Waals surface area contributed by atoms with Gasteiger partial charge in [-0.3, -0.25) is 4.79 Å². The van der Waals surface area contributed by atoms with Crippen LogP contribution in [0.2, 0.25) is 0 Å². The second-order valence-electron chi connectivity index (χ2n) is 6.51. The minimum atomic E-state index is 0.0242. The SMILES string of the molecule is COc1ccc(-c2cc(-c3c(C)noc3C)cc3c2C(=O)N(C)C3)cn1. The molecule has 1 aliphatic rings. The molecular weight excluding hydrogens is 330 g/mol. The minimum absolute atomic E-state index is 0.0242. The smallest absolute Gasteiger partial charge is 0.254 e. The van der Waals surface area contributed by atoms with Gasteiger partial charge in [-0.05, 0) is 48.7 Å². The first-order valence-corrected chi connectivity index (χ1v) is 8.35. The second kappa shape index (κ2) is 5.98. The van der Waals surface area contributed by atoms with Crippen LogP contribution in [-0.2, 0) is 6.54 Å². The van der Waals surface area contributed by atoms with E-state index in [4.69, 9.17) is 9.26 Å². The fourth-order valence-corrected chi connectivity index (χ4v) is 3.53. The summed E-state index contributed by atoms with van der Waals surface area (Å²) in [6.07, 6.45) is 1.73. The number of aryl methyl sites for hydroxylation is 2. The second-order valence-corrected chi connectivity index (χ2v) is 6.51. The number of pyridine rings is 1. The van der Waals surface area contributed by atoms with Crippen LogP contribution < -0.4 is 4.74 Å². The van der Waals surface area contributed by atoms with Gasteiger partial charge in [0.25, 0.3) is 5.91 Å². The molecule has 0 saturated heterocycles. The lowest BCUT2D eigenvalue weighted by atomic mass is 9.92. The van der Waals surface area contributed by atoms with Crippen molar-refractivity contribution in [3.05, 3.63) is 53.0 Å². The lowest BCUT2D eigenvalue weighted by molar-refractivity contribution is 0.0817. The number of methoxy groups -OCH3 is 1. The van der Waals surface area contributed by atoms with Gasteiger partial charge >= 0.3 is 0 Å². The van der Waals surface area contributed by atoms with E-state index in [1.807, 2.05) is 33.0 Å². The molecule has 2 aromatic heterocycles. The molecule has 1 aromatic carbocycles. The molecule has 132 valence electrons. The Labute approximate surface area is 151 Å². The molecule has 6 heteroatoms. The van der Waals surface area contributed by atoms with Crippen molar-refractivity contribution in [2.75, 3.05) is 14.2 Å². The zero-order valence-corrected chi connectivity index (χ0v) is 15.2. The van der Waals surface area contributed by atoms with Crippen LogP contribution in [0.15, 0.2) is 35.0 Å². The maximum absolute atomic E-state index is 12.7. The molecule has 1 amide bonds. The van der Waals surface area contributed by atoms with Crippen molar-refractivity contribution >= 4 is 5.91 Å². The van der Waals surface area contributed by atoms with E-state index in [2.05, 4.69) is 16.2 Å². The molecule has 0 spiro atoms. The van der Waals surface area contributed by atoms with Gasteiger partial charge in [0.1, 0.15) is 5.76 Å². The highest BCUT2D eigenvalue weighted by atomic mass is 16.5. The van der Waals surface area contributed by atoms with E-state index in [9.17, 15) is 4.79 Å². The van der Waals surface area contributed by atoms with E-state index >= 15 is 0 Å². The van der Waals surface area contributed by atoms with Gasteiger partial charge in [0.05, 0.1) is 18.4 Å². The third-order valence-corrected chi connectivity index (χ3v) is 4.77. The van der Waals surface area contributed by atoms with Gasteiger partial charge in [-0.15, -0.1) is 0 Å². The summed E-state index contributed by atoms with van der Waals surface area (Å²) >= 11 is 0. The van der Waals surface area contributed by atoms with Crippen LogP contribution >= 0.6 is 0 Å².